The Morgan fingerprint density at radius 3 is 0.810 bits per heavy atom. The molecule has 1 aliphatic heterocycles. The quantitative estimate of drug-likeness (QED) is 0.486. The maximum atomic E-state index is 2.59. The minimum atomic E-state index is 0.286. The summed E-state index contributed by atoms with van der Waals surface area (Å²) in [5, 5.41) is 0. The van der Waals surface area contributed by atoms with Crippen molar-refractivity contribution >= 4 is 0 Å². The monoisotopic (exact) mass is 299 g/mol. The van der Waals surface area contributed by atoms with E-state index in [-0.39, 0.29) is 11.1 Å². The van der Waals surface area contributed by atoms with Crippen LogP contribution in [0.1, 0.15) is 96.9 Å². The van der Waals surface area contributed by atoms with Gasteiger partial charge in [0.15, 0.2) is 0 Å². The topological polar surface area (TPSA) is 3.24 Å². The van der Waals surface area contributed by atoms with Crippen molar-refractivity contribution in [2.45, 2.75) is 108 Å². The lowest BCUT2D eigenvalue weighted by atomic mass is 9.79. The summed E-state index contributed by atoms with van der Waals surface area (Å²) in [5.41, 5.74) is 1.86. The highest BCUT2D eigenvalue weighted by atomic mass is 15.3. The third-order valence-corrected chi connectivity index (χ3v) is 7.56. The molecule has 0 aromatic carbocycles. The van der Waals surface area contributed by atoms with E-state index in [0.29, 0.717) is 16.2 Å². The summed E-state index contributed by atoms with van der Waals surface area (Å²) in [6, 6.07) is 0. The van der Waals surface area contributed by atoms with E-state index in [0.717, 1.165) is 0 Å². The summed E-state index contributed by atoms with van der Waals surface area (Å²) >= 11 is 0. The van der Waals surface area contributed by atoms with Crippen LogP contribution in [0.2, 0.25) is 0 Å². The van der Waals surface area contributed by atoms with Crippen molar-refractivity contribution in [2.75, 3.05) is 7.05 Å². The minimum Gasteiger partial charge on any atom is -0.295 e. The second-order valence-electron chi connectivity index (χ2n) is 7.55. The molecular formula is C20H45N. The Bertz CT molecular complexity index is 297. The van der Waals surface area contributed by atoms with Crippen molar-refractivity contribution in [2.24, 2.45) is 16.2 Å². The SMILES string of the molecule is CC.CC.CC.CN1C(C)(C)C2(C)C(C)(C)C2(C)C1(C)C. The summed E-state index contributed by atoms with van der Waals surface area (Å²) < 4.78 is 0. The van der Waals surface area contributed by atoms with Crippen LogP contribution in [0.3, 0.4) is 0 Å². The summed E-state index contributed by atoms with van der Waals surface area (Å²) in [5.74, 6) is 0. The maximum absolute atomic E-state index is 2.59. The Labute approximate surface area is 136 Å². The van der Waals surface area contributed by atoms with Crippen LogP contribution in [0.15, 0.2) is 0 Å². The molecule has 0 N–H and O–H groups in total. The average Bonchev–Trinajstić information content (AvgIpc) is 2.83. The average molecular weight is 300 g/mol. The molecule has 21 heavy (non-hydrogen) atoms. The van der Waals surface area contributed by atoms with Gasteiger partial charge >= 0.3 is 0 Å². The van der Waals surface area contributed by atoms with E-state index in [2.05, 4.69) is 67.3 Å². The maximum Gasteiger partial charge on any atom is 0.0220 e. The van der Waals surface area contributed by atoms with Gasteiger partial charge in [-0.05, 0) is 51.0 Å². The minimum absolute atomic E-state index is 0.286. The van der Waals surface area contributed by atoms with Crippen LogP contribution >= 0.6 is 0 Å². The molecule has 2 atom stereocenters. The van der Waals surface area contributed by atoms with Crippen LogP contribution in [0.5, 0.6) is 0 Å². The number of nitrogens with zero attached hydrogens (tertiary/aromatic N) is 1. The van der Waals surface area contributed by atoms with Crippen LogP contribution in [-0.4, -0.2) is 23.0 Å². The number of rotatable bonds is 0. The van der Waals surface area contributed by atoms with E-state index in [1.165, 1.54) is 0 Å². The lowest BCUT2D eigenvalue weighted by Gasteiger charge is -2.47. The predicted octanol–water partition coefficient (Wildman–Crippen LogP) is 6.62. The molecule has 1 nitrogen and oxygen atoms in total. The summed E-state index contributed by atoms with van der Waals surface area (Å²) in [7, 11) is 2.29. The molecule has 0 radical (unpaired) electrons. The van der Waals surface area contributed by atoms with E-state index >= 15 is 0 Å². The Kier molecular flexibility index (Phi) is 7.31. The number of hydrogen-bond acceptors (Lipinski definition) is 1. The van der Waals surface area contributed by atoms with Crippen molar-refractivity contribution in [1.29, 1.82) is 0 Å². The second-order valence-corrected chi connectivity index (χ2v) is 7.55. The molecule has 130 valence electrons. The first kappa shape index (κ1) is 23.2. The third-order valence-electron chi connectivity index (χ3n) is 7.56. The molecule has 0 spiro atoms. The summed E-state index contributed by atoms with van der Waals surface area (Å²) in [4.78, 5) is 2.59. The molecule has 1 saturated heterocycles. The third kappa shape index (κ3) is 2.13. The zero-order chi connectivity index (χ0) is 18.1. The van der Waals surface area contributed by atoms with Crippen LogP contribution in [0.25, 0.3) is 0 Å². The van der Waals surface area contributed by atoms with Gasteiger partial charge in [0.25, 0.3) is 0 Å². The summed E-state index contributed by atoms with van der Waals surface area (Å²) in [6.07, 6.45) is 0. The Morgan fingerprint density at radius 1 is 0.476 bits per heavy atom. The lowest BCUT2D eigenvalue weighted by molar-refractivity contribution is 0.00947. The first-order valence-electron chi connectivity index (χ1n) is 9.14. The molecule has 1 aliphatic carbocycles. The normalized spacial score (nSPS) is 36.7. The van der Waals surface area contributed by atoms with Gasteiger partial charge in [0.1, 0.15) is 0 Å². The molecule has 0 aromatic heterocycles. The highest BCUT2D eigenvalue weighted by molar-refractivity contribution is 5.41. The van der Waals surface area contributed by atoms with Gasteiger partial charge in [-0.1, -0.05) is 69.2 Å². The molecule has 2 unspecified atom stereocenters. The zero-order valence-corrected chi connectivity index (χ0v) is 17.9. The zero-order valence-electron chi connectivity index (χ0n) is 17.9. The van der Waals surface area contributed by atoms with Crippen molar-refractivity contribution in [3.63, 3.8) is 0 Å². The molecule has 0 aromatic rings. The predicted molar refractivity (Wildman–Crippen MR) is 100.0 cm³/mol. The van der Waals surface area contributed by atoms with Crippen LogP contribution in [0, 0.1) is 16.2 Å². The highest BCUT2D eigenvalue weighted by Crippen LogP contribution is 2.90. The van der Waals surface area contributed by atoms with Gasteiger partial charge in [-0.2, -0.15) is 0 Å². The Hall–Kier alpha value is -0.0400. The first-order valence-corrected chi connectivity index (χ1v) is 9.14. The number of hydrogen-bond donors (Lipinski definition) is 0. The molecule has 1 saturated carbocycles. The molecule has 1 heteroatoms. The van der Waals surface area contributed by atoms with Gasteiger partial charge in [-0.25, -0.2) is 0 Å². The number of piperidine rings is 1. The van der Waals surface area contributed by atoms with Crippen molar-refractivity contribution in [3.8, 4) is 0 Å². The number of likely N-dealkylation sites (tertiary alicyclic amines) is 1. The Balaban J connectivity index is 0. The van der Waals surface area contributed by atoms with E-state index in [9.17, 15) is 0 Å². The standard InChI is InChI=1S/C14H27N.3C2H6/c1-10(2)13(7)11(3,4)15(9)12(5,6)14(10,13)8;3*1-2/h1-9H3;3*1-2H3. The fourth-order valence-electron chi connectivity index (χ4n) is 5.47. The van der Waals surface area contributed by atoms with E-state index in [1.807, 2.05) is 41.5 Å². The summed E-state index contributed by atoms with van der Waals surface area (Å²) in [6.45, 7) is 31.5. The first-order chi connectivity index (χ1) is 9.40. The van der Waals surface area contributed by atoms with E-state index in [4.69, 9.17) is 0 Å². The smallest absolute Gasteiger partial charge is 0.0220 e. The van der Waals surface area contributed by atoms with Crippen LogP contribution in [-0.2, 0) is 0 Å². The van der Waals surface area contributed by atoms with Crippen molar-refractivity contribution in [3.05, 3.63) is 0 Å². The van der Waals surface area contributed by atoms with Crippen molar-refractivity contribution in [1.82, 2.24) is 4.90 Å². The van der Waals surface area contributed by atoms with E-state index < -0.39 is 0 Å². The van der Waals surface area contributed by atoms with Gasteiger partial charge in [0.05, 0.1) is 0 Å². The van der Waals surface area contributed by atoms with Gasteiger partial charge < -0.3 is 0 Å². The van der Waals surface area contributed by atoms with Gasteiger partial charge in [0, 0.05) is 11.1 Å². The fourth-order valence-corrected chi connectivity index (χ4v) is 5.47. The van der Waals surface area contributed by atoms with Crippen LogP contribution < -0.4 is 0 Å². The largest absolute Gasteiger partial charge is 0.295 e. The molecule has 0 amide bonds. The molecule has 0 bridgehead atoms. The number of fused-ring (bicyclic) bond motifs is 1. The highest BCUT2D eigenvalue weighted by Gasteiger charge is 2.91. The molecule has 2 aliphatic rings. The Morgan fingerprint density at radius 2 is 0.667 bits per heavy atom. The fraction of sp³-hybridized carbons (Fsp3) is 1.00. The van der Waals surface area contributed by atoms with Crippen molar-refractivity contribution < 1.29 is 0 Å². The second kappa shape index (κ2) is 6.60. The van der Waals surface area contributed by atoms with Crippen LogP contribution in [0.4, 0.5) is 0 Å². The molecule has 2 fully saturated rings. The van der Waals surface area contributed by atoms with Gasteiger partial charge in [0.2, 0.25) is 0 Å². The molecule has 1 heterocycles. The lowest BCUT2D eigenvalue weighted by Crippen LogP contribution is -2.54. The molecular weight excluding hydrogens is 254 g/mol. The van der Waals surface area contributed by atoms with E-state index in [1.54, 1.807) is 0 Å². The molecule has 2 rings (SSSR count). The van der Waals surface area contributed by atoms with Gasteiger partial charge in [-0.15, -0.1) is 0 Å². The van der Waals surface area contributed by atoms with Gasteiger partial charge in [-0.3, -0.25) is 4.90 Å².